The number of nitrogens with zero attached hydrogens (tertiary/aromatic N) is 1. The van der Waals surface area contributed by atoms with E-state index in [0.29, 0.717) is 17.9 Å². The van der Waals surface area contributed by atoms with E-state index >= 15 is 0 Å². The third kappa shape index (κ3) is 2.24. The van der Waals surface area contributed by atoms with Crippen LogP contribution in [-0.2, 0) is 4.79 Å². The zero-order valence-corrected chi connectivity index (χ0v) is 10.4. The van der Waals surface area contributed by atoms with E-state index in [0.717, 1.165) is 38.6 Å². The van der Waals surface area contributed by atoms with Gasteiger partial charge >= 0.3 is 0 Å². The third-order valence-corrected chi connectivity index (χ3v) is 4.32. The molecule has 2 fully saturated rings. The normalized spacial score (nSPS) is 40.1. The van der Waals surface area contributed by atoms with Crippen LogP contribution in [0.5, 0.6) is 0 Å². The maximum absolute atomic E-state index is 11.5. The summed E-state index contributed by atoms with van der Waals surface area (Å²) in [5.74, 6) is 1.19. The molecular weight excluding hydrogens is 202 g/mol. The number of amides is 1. The van der Waals surface area contributed by atoms with Crippen LogP contribution in [0.25, 0.3) is 0 Å². The van der Waals surface area contributed by atoms with Gasteiger partial charge < -0.3 is 10.0 Å². The molecule has 0 aromatic heterocycles. The Labute approximate surface area is 97.8 Å². The van der Waals surface area contributed by atoms with E-state index in [-0.39, 0.29) is 12.0 Å². The van der Waals surface area contributed by atoms with E-state index in [9.17, 15) is 9.90 Å². The summed E-state index contributed by atoms with van der Waals surface area (Å²) < 4.78 is 0. The molecule has 2 aliphatic rings. The Bertz CT molecular complexity index is 267. The summed E-state index contributed by atoms with van der Waals surface area (Å²) >= 11 is 0. The van der Waals surface area contributed by atoms with Gasteiger partial charge in [-0.3, -0.25) is 4.79 Å². The molecule has 1 aliphatic carbocycles. The number of carbonyl (C=O) groups is 1. The van der Waals surface area contributed by atoms with Gasteiger partial charge in [0.25, 0.3) is 0 Å². The Kier molecular flexibility index (Phi) is 3.53. The highest BCUT2D eigenvalue weighted by molar-refractivity contribution is 5.73. The number of rotatable bonds is 1. The van der Waals surface area contributed by atoms with Gasteiger partial charge in [0.05, 0.1) is 6.10 Å². The Morgan fingerprint density at radius 1 is 1.31 bits per heavy atom. The fourth-order valence-electron chi connectivity index (χ4n) is 3.45. The van der Waals surface area contributed by atoms with Crippen LogP contribution in [0.4, 0.5) is 0 Å². The van der Waals surface area contributed by atoms with Crippen molar-refractivity contribution in [3.63, 3.8) is 0 Å². The standard InChI is InChI=1S/C13H23NO2/c1-9-5-6-13(16)11(8-9)12-4-3-7-14(12)10(2)15/h9,11-13,16H,3-8H2,1-2H3/t9-,11-,12+,13-/m0/s1. The van der Waals surface area contributed by atoms with Gasteiger partial charge in [0.2, 0.25) is 5.91 Å². The first kappa shape index (κ1) is 11.9. The van der Waals surface area contributed by atoms with E-state index in [2.05, 4.69) is 6.92 Å². The molecule has 0 aromatic carbocycles. The van der Waals surface area contributed by atoms with Crippen molar-refractivity contribution in [1.82, 2.24) is 4.90 Å². The van der Waals surface area contributed by atoms with Crippen molar-refractivity contribution in [2.24, 2.45) is 11.8 Å². The SMILES string of the molecule is CC(=O)N1CCC[C@@H]1[C@@H]1C[C@@H](C)CC[C@@H]1O. The van der Waals surface area contributed by atoms with Crippen LogP contribution in [0.15, 0.2) is 0 Å². The highest BCUT2D eigenvalue weighted by Crippen LogP contribution is 2.36. The molecule has 0 aromatic rings. The van der Waals surface area contributed by atoms with Gasteiger partial charge in [0.15, 0.2) is 0 Å². The highest BCUT2D eigenvalue weighted by atomic mass is 16.3. The van der Waals surface area contributed by atoms with Crippen molar-refractivity contribution in [3.05, 3.63) is 0 Å². The van der Waals surface area contributed by atoms with Gasteiger partial charge in [-0.25, -0.2) is 0 Å². The van der Waals surface area contributed by atoms with Crippen molar-refractivity contribution in [1.29, 1.82) is 0 Å². The summed E-state index contributed by atoms with van der Waals surface area (Å²) in [6, 6.07) is 0.301. The minimum absolute atomic E-state index is 0.174. The largest absolute Gasteiger partial charge is 0.393 e. The van der Waals surface area contributed by atoms with E-state index in [4.69, 9.17) is 0 Å². The van der Waals surface area contributed by atoms with Gasteiger partial charge in [-0.05, 0) is 38.0 Å². The molecule has 0 spiro atoms. The lowest BCUT2D eigenvalue weighted by molar-refractivity contribution is -0.132. The molecule has 0 radical (unpaired) electrons. The lowest BCUT2D eigenvalue weighted by Crippen LogP contribution is -2.45. The first-order valence-electron chi connectivity index (χ1n) is 6.55. The number of hydrogen-bond acceptors (Lipinski definition) is 2. The van der Waals surface area contributed by atoms with Crippen LogP contribution in [0, 0.1) is 11.8 Å². The van der Waals surface area contributed by atoms with E-state index in [1.54, 1.807) is 6.92 Å². The van der Waals surface area contributed by atoms with E-state index in [1.807, 2.05) is 4.90 Å². The van der Waals surface area contributed by atoms with Crippen molar-refractivity contribution in [2.75, 3.05) is 6.54 Å². The smallest absolute Gasteiger partial charge is 0.219 e. The molecule has 1 amide bonds. The molecule has 1 heterocycles. The summed E-state index contributed by atoms with van der Waals surface area (Å²) in [4.78, 5) is 13.5. The zero-order chi connectivity index (χ0) is 11.7. The molecule has 2 rings (SSSR count). The molecule has 1 saturated heterocycles. The van der Waals surface area contributed by atoms with Crippen molar-refractivity contribution in [2.45, 2.75) is 58.1 Å². The van der Waals surface area contributed by atoms with Crippen molar-refractivity contribution in [3.8, 4) is 0 Å². The summed E-state index contributed by atoms with van der Waals surface area (Å²) in [6.45, 7) is 4.79. The Balaban J connectivity index is 2.07. The van der Waals surface area contributed by atoms with Crippen LogP contribution in [0.2, 0.25) is 0 Å². The minimum Gasteiger partial charge on any atom is -0.393 e. The molecule has 3 nitrogen and oxygen atoms in total. The maximum Gasteiger partial charge on any atom is 0.219 e. The van der Waals surface area contributed by atoms with Crippen LogP contribution >= 0.6 is 0 Å². The third-order valence-electron chi connectivity index (χ3n) is 4.32. The molecule has 0 bridgehead atoms. The molecule has 4 atom stereocenters. The minimum atomic E-state index is -0.193. The molecule has 1 aliphatic heterocycles. The molecule has 1 saturated carbocycles. The molecule has 0 unspecified atom stereocenters. The Morgan fingerprint density at radius 3 is 2.75 bits per heavy atom. The predicted octanol–water partition coefficient (Wildman–Crippen LogP) is 1.79. The van der Waals surface area contributed by atoms with Gasteiger partial charge in [0, 0.05) is 25.4 Å². The molecule has 1 N–H and O–H groups in total. The fraction of sp³-hybridized carbons (Fsp3) is 0.923. The highest BCUT2D eigenvalue weighted by Gasteiger charge is 2.39. The molecule has 3 heteroatoms. The molecule has 92 valence electrons. The lowest BCUT2D eigenvalue weighted by Gasteiger charge is -2.39. The molecule has 16 heavy (non-hydrogen) atoms. The first-order chi connectivity index (χ1) is 7.59. The zero-order valence-electron chi connectivity index (χ0n) is 10.4. The number of aliphatic hydroxyl groups is 1. The Morgan fingerprint density at radius 2 is 2.06 bits per heavy atom. The quantitative estimate of drug-likeness (QED) is 0.739. The Hall–Kier alpha value is -0.570. The number of aliphatic hydroxyl groups excluding tert-OH is 1. The summed E-state index contributed by atoms with van der Waals surface area (Å²) in [5, 5.41) is 10.1. The van der Waals surface area contributed by atoms with Crippen LogP contribution in [0.1, 0.15) is 46.0 Å². The van der Waals surface area contributed by atoms with Crippen molar-refractivity contribution < 1.29 is 9.90 Å². The average Bonchev–Trinajstić information content (AvgIpc) is 2.70. The second-order valence-electron chi connectivity index (χ2n) is 5.57. The fourth-order valence-corrected chi connectivity index (χ4v) is 3.45. The lowest BCUT2D eigenvalue weighted by atomic mass is 9.76. The van der Waals surface area contributed by atoms with Gasteiger partial charge in [-0.1, -0.05) is 6.92 Å². The summed E-state index contributed by atoms with van der Waals surface area (Å²) in [7, 11) is 0. The van der Waals surface area contributed by atoms with Crippen LogP contribution in [-0.4, -0.2) is 34.6 Å². The summed E-state index contributed by atoms with van der Waals surface area (Å²) in [5.41, 5.74) is 0. The molecular formula is C13H23NO2. The average molecular weight is 225 g/mol. The predicted molar refractivity (Wildman–Crippen MR) is 62.9 cm³/mol. The van der Waals surface area contributed by atoms with Crippen molar-refractivity contribution >= 4 is 5.91 Å². The van der Waals surface area contributed by atoms with Crippen LogP contribution in [0.3, 0.4) is 0 Å². The second kappa shape index (κ2) is 4.74. The topological polar surface area (TPSA) is 40.5 Å². The number of likely N-dealkylation sites (tertiary alicyclic amines) is 1. The first-order valence-corrected chi connectivity index (χ1v) is 6.55. The maximum atomic E-state index is 11.5. The van der Waals surface area contributed by atoms with Gasteiger partial charge in [0.1, 0.15) is 0 Å². The van der Waals surface area contributed by atoms with Crippen LogP contribution < -0.4 is 0 Å². The summed E-state index contributed by atoms with van der Waals surface area (Å²) in [6.07, 6.45) is 5.10. The van der Waals surface area contributed by atoms with Gasteiger partial charge in [-0.2, -0.15) is 0 Å². The van der Waals surface area contributed by atoms with Gasteiger partial charge in [-0.15, -0.1) is 0 Å². The van der Waals surface area contributed by atoms with E-state index < -0.39 is 0 Å². The monoisotopic (exact) mass is 225 g/mol. The number of carbonyl (C=O) groups excluding carboxylic acids is 1. The second-order valence-corrected chi connectivity index (χ2v) is 5.57. The van der Waals surface area contributed by atoms with E-state index in [1.165, 1.54) is 0 Å². The number of hydrogen-bond donors (Lipinski definition) is 1.